The number of aliphatic hydroxyl groups is 1. The summed E-state index contributed by atoms with van der Waals surface area (Å²) in [6, 6.07) is 15.2. The molecule has 0 radical (unpaired) electrons. The molecule has 0 bridgehead atoms. The summed E-state index contributed by atoms with van der Waals surface area (Å²) in [4.78, 5) is 32.6. The molecule has 1 amide bonds. The van der Waals surface area contributed by atoms with Crippen molar-refractivity contribution in [3.8, 4) is 5.75 Å². The lowest BCUT2D eigenvalue weighted by atomic mass is 9.95. The van der Waals surface area contributed by atoms with E-state index in [-0.39, 0.29) is 11.3 Å². The van der Waals surface area contributed by atoms with E-state index in [1.807, 2.05) is 18.2 Å². The molecule has 2 aromatic heterocycles. The van der Waals surface area contributed by atoms with Gasteiger partial charge in [-0.15, -0.1) is 0 Å². The molecule has 3 heterocycles. The van der Waals surface area contributed by atoms with Crippen molar-refractivity contribution in [2.24, 2.45) is 0 Å². The maximum Gasteiger partial charge on any atom is 0.296 e. The fraction of sp³-hybridized carbons (Fsp3) is 0.160. The summed E-state index contributed by atoms with van der Waals surface area (Å²) in [6.45, 7) is 2.07. The predicted molar refractivity (Wildman–Crippen MR) is 125 cm³/mol. The molecule has 1 aliphatic rings. The second-order valence-corrected chi connectivity index (χ2v) is 8.58. The number of rotatable bonds is 6. The number of benzene rings is 2. The molecule has 166 valence electrons. The Labute approximate surface area is 193 Å². The second-order valence-electron chi connectivity index (χ2n) is 7.58. The molecule has 8 heteroatoms. The van der Waals surface area contributed by atoms with Crippen LogP contribution >= 0.6 is 11.3 Å². The minimum absolute atomic E-state index is 0.0379. The van der Waals surface area contributed by atoms with Gasteiger partial charge in [0.2, 0.25) is 5.78 Å². The Bertz CT molecular complexity index is 1400. The number of aryl methyl sites for hydroxylation is 1. The normalized spacial score (nSPS) is 16.1. The molecular weight excluding hydrogens is 440 g/mol. The molecule has 0 spiro atoms. The van der Waals surface area contributed by atoms with Crippen LogP contribution in [-0.2, 0) is 11.2 Å². The number of carbonyl (C=O) groups is 2. The molecule has 1 N–H and O–H groups in total. The Hall–Kier alpha value is -3.91. The number of aromatic nitrogens is 1. The largest absolute Gasteiger partial charge is 0.503 e. The zero-order valence-corrected chi connectivity index (χ0v) is 18.8. The van der Waals surface area contributed by atoms with Gasteiger partial charge in [0.1, 0.15) is 5.75 Å². The summed E-state index contributed by atoms with van der Waals surface area (Å²) in [5, 5.41) is 11.2. The van der Waals surface area contributed by atoms with Crippen molar-refractivity contribution in [3.05, 3.63) is 89.1 Å². The number of nitrogens with zero attached hydrogens (tertiary/aromatic N) is 2. The minimum atomic E-state index is -0.892. The Morgan fingerprint density at radius 1 is 1.21 bits per heavy atom. The van der Waals surface area contributed by atoms with Crippen molar-refractivity contribution >= 4 is 38.4 Å². The average molecular weight is 461 g/mol. The van der Waals surface area contributed by atoms with E-state index in [4.69, 9.17) is 9.15 Å². The van der Waals surface area contributed by atoms with Gasteiger partial charge < -0.3 is 14.3 Å². The summed E-state index contributed by atoms with van der Waals surface area (Å²) in [7, 11) is 1.54. The van der Waals surface area contributed by atoms with Crippen molar-refractivity contribution in [1.29, 1.82) is 0 Å². The number of ketones is 1. The molecule has 33 heavy (non-hydrogen) atoms. The van der Waals surface area contributed by atoms with E-state index in [0.717, 1.165) is 22.2 Å². The van der Waals surface area contributed by atoms with Gasteiger partial charge in [-0.1, -0.05) is 36.5 Å². The van der Waals surface area contributed by atoms with Crippen LogP contribution in [-0.4, -0.2) is 28.9 Å². The number of thiazole rings is 1. The number of Topliss-reactive ketones (excluding diaryl/α,β-unsaturated/α-hetero) is 1. The molecule has 0 saturated carbocycles. The van der Waals surface area contributed by atoms with Crippen LogP contribution in [0.2, 0.25) is 0 Å². The second kappa shape index (κ2) is 8.22. The van der Waals surface area contributed by atoms with Crippen molar-refractivity contribution in [2.75, 3.05) is 12.0 Å². The maximum atomic E-state index is 13.3. The smallest absolute Gasteiger partial charge is 0.296 e. The third-order valence-electron chi connectivity index (χ3n) is 5.66. The van der Waals surface area contributed by atoms with Gasteiger partial charge in [-0.3, -0.25) is 14.5 Å². The van der Waals surface area contributed by atoms with Gasteiger partial charge >= 0.3 is 0 Å². The first-order chi connectivity index (χ1) is 16.0. The third-order valence-corrected chi connectivity index (χ3v) is 6.68. The van der Waals surface area contributed by atoms with E-state index in [1.165, 1.54) is 35.7 Å². The minimum Gasteiger partial charge on any atom is -0.503 e. The number of anilines is 1. The zero-order chi connectivity index (χ0) is 23.1. The number of furan rings is 1. The van der Waals surface area contributed by atoms with Crippen molar-refractivity contribution < 1.29 is 23.8 Å². The number of methoxy groups -OCH3 is 1. The Morgan fingerprint density at radius 3 is 2.79 bits per heavy atom. The summed E-state index contributed by atoms with van der Waals surface area (Å²) in [5.41, 5.74) is 2.45. The SMILES string of the molecule is CCc1ccc2nc(N3C(=O)C(O)=C(C(=O)c4ccco4)[C@@H]3c3cccc(OC)c3)sc2c1. The van der Waals surface area contributed by atoms with Gasteiger partial charge in [0.15, 0.2) is 16.7 Å². The number of hydrogen-bond acceptors (Lipinski definition) is 7. The van der Waals surface area contributed by atoms with E-state index in [0.29, 0.717) is 16.4 Å². The monoisotopic (exact) mass is 460 g/mol. The quantitative estimate of drug-likeness (QED) is 0.396. The van der Waals surface area contributed by atoms with Crippen LogP contribution in [0.5, 0.6) is 5.75 Å². The predicted octanol–water partition coefficient (Wildman–Crippen LogP) is 5.24. The first kappa shape index (κ1) is 21.0. The summed E-state index contributed by atoms with van der Waals surface area (Å²) < 4.78 is 11.5. The van der Waals surface area contributed by atoms with Gasteiger partial charge in [0, 0.05) is 0 Å². The van der Waals surface area contributed by atoms with Crippen LogP contribution < -0.4 is 9.64 Å². The number of hydrogen-bond donors (Lipinski definition) is 1. The molecule has 7 nitrogen and oxygen atoms in total. The zero-order valence-electron chi connectivity index (χ0n) is 17.9. The standard InChI is InChI=1S/C25H20N2O5S/c1-3-14-9-10-17-19(12-14)33-25(26-17)27-21(15-6-4-7-16(13-15)31-2)20(23(29)24(27)30)22(28)18-8-5-11-32-18/h4-13,21,29H,3H2,1-2H3/t21-/m0/s1. The number of carbonyl (C=O) groups excluding carboxylic acids is 2. The number of amides is 1. The average Bonchev–Trinajstić information content (AvgIpc) is 3.57. The molecule has 2 aromatic carbocycles. The fourth-order valence-corrected chi connectivity index (χ4v) is 5.04. The van der Waals surface area contributed by atoms with E-state index in [2.05, 4.69) is 11.9 Å². The van der Waals surface area contributed by atoms with Gasteiger partial charge in [-0.2, -0.15) is 0 Å². The van der Waals surface area contributed by atoms with Crippen molar-refractivity contribution in [2.45, 2.75) is 19.4 Å². The van der Waals surface area contributed by atoms with Crippen LogP contribution in [0.25, 0.3) is 10.2 Å². The third kappa shape index (κ3) is 3.48. The van der Waals surface area contributed by atoms with Crippen LogP contribution in [0.3, 0.4) is 0 Å². The highest BCUT2D eigenvalue weighted by molar-refractivity contribution is 7.22. The van der Waals surface area contributed by atoms with E-state index in [1.54, 1.807) is 30.3 Å². The van der Waals surface area contributed by atoms with Crippen LogP contribution in [0.4, 0.5) is 5.13 Å². The van der Waals surface area contributed by atoms with Crippen LogP contribution in [0.1, 0.15) is 34.6 Å². The topological polar surface area (TPSA) is 92.9 Å². The highest BCUT2D eigenvalue weighted by atomic mass is 32.1. The lowest BCUT2D eigenvalue weighted by Gasteiger charge is -2.24. The van der Waals surface area contributed by atoms with Crippen LogP contribution in [0.15, 0.2) is 76.6 Å². The first-order valence-electron chi connectivity index (χ1n) is 10.4. The highest BCUT2D eigenvalue weighted by Gasteiger charge is 2.46. The van der Waals surface area contributed by atoms with Crippen LogP contribution in [0, 0.1) is 0 Å². The summed E-state index contributed by atoms with van der Waals surface area (Å²) >= 11 is 1.34. The molecular formula is C25H20N2O5S. The number of fused-ring (bicyclic) bond motifs is 1. The number of aliphatic hydroxyl groups excluding tert-OH is 1. The van der Waals surface area contributed by atoms with E-state index in [9.17, 15) is 14.7 Å². The van der Waals surface area contributed by atoms with Crippen molar-refractivity contribution in [3.63, 3.8) is 0 Å². The molecule has 0 saturated heterocycles. The highest BCUT2D eigenvalue weighted by Crippen LogP contribution is 2.44. The summed E-state index contributed by atoms with van der Waals surface area (Å²) in [6.07, 6.45) is 2.25. The van der Waals surface area contributed by atoms with Gasteiger partial charge in [-0.25, -0.2) is 4.98 Å². The molecule has 0 fully saturated rings. The molecule has 4 aromatic rings. The van der Waals surface area contributed by atoms with E-state index < -0.39 is 23.5 Å². The van der Waals surface area contributed by atoms with Gasteiger partial charge in [-0.05, 0) is 53.9 Å². The van der Waals surface area contributed by atoms with Crippen molar-refractivity contribution in [1.82, 2.24) is 4.98 Å². The van der Waals surface area contributed by atoms with Gasteiger partial charge in [0.25, 0.3) is 5.91 Å². The molecule has 5 rings (SSSR count). The number of ether oxygens (including phenoxy) is 1. The maximum absolute atomic E-state index is 13.3. The van der Waals surface area contributed by atoms with Gasteiger partial charge in [0.05, 0.1) is 35.2 Å². The Kier molecular flexibility index (Phi) is 5.22. The first-order valence-corrected chi connectivity index (χ1v) is 11.2. The van der Waals surface area contributed by atoms with E-state index >= 15 is 0 Å². The Morgan fingerprint density at radius 2 is 2.06 bits per heavy atom. The molecule has 1 aliphatic heterocycles. The molecule has 0 aliphatic carbocycles. The Balaban J connectivity index is 1.68. The molecule has 0 unspecified atom stereocenters. The molecule has 1 atom stereocenters. The lowest BCUT2D eigenvalue weighted by Crippen LogP contribution is -2.31. The lowest BCUT2D eigenvalue weighted by molar-refractivity contribution is -0.117. The summed E-state index contributed by atoms with van der Waals surface area (Å²) in [5.74, 6) is -1.26. The fourth-order valence-electron chi connectivity index (χ4n) is 3.98.